The predicted molar refractivity (Wildman–Crippen MR) is 74.9 cm³/mol. The lowest BCUT2D eigenvalue weighted by atomic mass is 9.90. The highest BCUT2D eigenvalue weighted by Crippen LogP contribution is 2.28. The van der Waals surface area contributed by atoms with Crippen LogP contribution in [0.4, 0.5) is 4.79 Å². The molecule has 1 aliphatic heterocycles. The largest absolute Gasteiger partial charge is 0.444 e. The van der Waals surface area contributed by atoms with Crippen molar-refractivity contribution in [2.45, 2.75) is 38.8 Å². The number of hydrogen-bond donors (Lipinski definition) is 1. The first-order valence-corrected chi connectivity index (χ1v) is 6.66. The molecule has 4 nitrogen and oxygen atoms in total. The number of carbonyl (C=O) groups is 1. The van der Waals surface area contributed by atoms with Gasteiger partial charge in [0.05, 0.1) is 0 Å². The van der Waals surface area contributed by atoms with Gasteiger partial charge < -0.3 is 15.4 Å². The third-order valence-corrected chi connectivity index (χ3v) is 3.23. The molecule has 1 heterocycles. The van der Waals surface area contributed by atoms with E-state index in [1.165, 1.54) is 5.56 Å². The second kappa shape index (κ2) is 5.21. The van der Waals surface area contributed by atoms with Crippen LogP contribution in [0.15, 0.2) is 24.3 Å². The summed E-state index contributed by atoms with van der Waals surface area (Å²) in [5, 5.41) is 0. The van der Waals surface area contributed by atoms with Gasteiger partial charge in [-0.15, -0.1) is 0 Å². The average molecular weight is 262 g/mol. The third kappa shape index (κ3) is 3.26. The van der Waals surface area contributed by atoms with E-state index in [4.69, 9.17) is 10.5 Å². The van der Waals surface area contributed by atoms with Gasteiger partial charge in [0.25, 0.3) is 0 Å². The number of rotatable bonds is 1. The van der Waals surface area contributed by atoms with Crippen LogP contribution in [0.5, 0.6) is 0 Å². The molecule has 0 saturated carbocycles. The van der Waals surface area contributed by atoms with Crippen molar-refractivity contribution in [3.05, 3.63) is 35.4 Å². The van der Waals surface area contributed by atoms with E-state index >= 15 is 0 Å². The van der Waals surface area contributed by atoms with Gasteiger partial charge >= 0.3 is 6.09 Å². The summed E-state index contributed by atoms with van der Waals surface area (Å²) in [5.41, 5.74) is 7.78. The summed E-state index contributed by atoms with van der Waals surface area (Å²) >= 11 is 0. The van der Waals surface area contributed by atoms with E-state index in [0.29, 0.717) is 19.6 Å². The molecule has 19 heavy (non-hydrogen) atoms. The minimum atomic E-state index is -0.466. The van der Waals surface area contributed by atoms with Gasteiger partial charge in [0.1, 0.15) is 5.60 Å². The van der Waals surface area contributed by atoms with Crippen molar-refractivity contribution in [2.24, 2.45) is 5.73 Å². The molecular weight excluding hydrogens is 240 g/mol. The first-order chi connectivity index (χ1) is 8.90. The third-order valence-electron chi connectivity index (χ3n) is 3.23. The van der Waals surface area contributed by atoms with Crippen LogP contribution in [0.3, 0.4) is 0 Å². The molecule has 1 amide bonds. The Morgan fingerprint density at radius 3 is 2.74 bits per heavy atom. The number of hydrogen-bond acceptors (Lipinski definition) is 3. The number of nitrogens with zero attached hydrogens (tertiary/aromatic N) is 1. The monoisotopic (exact) mass is 262 g/mol. The molecule has 0 unspecified atom stereocenters. The highest BCUT2D eigenvalue weighted by atomic mass is 16.6. The molecule has 2 rings (SSSR count). The van der Waals surface area contributed by atoms with Gasteiger partial charge in [-0.2, -0.15) is 0 Å². The van der Waals surface area contributed by atoms with Crippen molar-refractivity contribution < 1.29 is 9.53 Å². The van der Waals surface area contributed by atoms with E-state index in [2.05, 4.69) is 12.1 Å². The predicted octanol–water partition coefficient (Wildman–Crippen LogP) is 2.48. The summed E-state index contributed by atoms with van der Waals surface area (Å²) < 4.78 is 5.43. The molecule has 0 saturated heterocycles. The molecule has 0 aliphatic carbocycles. The average Bonchev–Trinajstić information content (AvgIpc) is 2.35. The molecule has 0 bridgehead atoms. The summed E-state index contributed by atoms with van der Waals surface area (Å²) in [6.07, 6.45) is -0.263. The summed E-state index contributed by atoms with van der Waals surface area (Å²) in [4.78, 5) is 13.9. The number of fused-ring (bicyclic) bond motifs is 1. The van der Waals surface area contributed by atoms with E-state index in [1.807, 2.05) is 32.9 Å². The maximum atomic E-state index is 12.1. The fourth-order valence-electron chi connectivity index (χ4n) is 2.38. The van der Waals surface area contributed by atoms with Gasteiger partial charge in [0, 0.05) is 25.6 Å². The molecule has 0 spiro atoms. The van der Waals surface area contributed by atoms with Crippen LogP contribution in [0, 0.1) is 0 Å². The van der Waals surface area contributed by atoms with Gasteiger partial charge in [-0.1, -0.05) is 24.3 Å². The van der Waals surface area contributed by atoms with Crippen molar-refractivity contribution in [3.8, 4) is 0 Å². The van der Waals surface area contributed by atoms with Crippen molar-refractivity contribution >= 4 is 6.09 Å². The molecule has 104 valence electrons. The van der Waals surface area contributed by atoms with Gasteiger partial charge in [0.15, 0.2) is 0 Å². The Kier molecular flexibility index (Phi) is 3.80. The van der Waals surface area contributed by atoms with Crippen LogP contribution in [0.25, 0.3) is 0 Å². The lowest BCUT2D eigenvalue weighted by Crippen LogP contribution is -2.42. The highest BCUT2D eigenvalue weighted by molar-refractivity contribution is 5.69. The van der Waals surface area contributed by atoms with Crippen molar-refractivity contribution in [1.82, 2.24) is 4.90 Å². The molecule has 1 aromatic rings. The fraction of sp³-hybridized carbons (Fsp3) is 0.533. The second-order valence-corrected chi connectivity index (χ2v) is 5.99. The quantitative estimate of drug-likeness (QED) is 0.846. The SMILES string of the molecule is CC(C)(C)OC(=O)N1Cc2ccccc2[C@@H](CN)C1. The maximum absolute atomic E-state index is 12.1. The van der Waals surface area contributed by atoms with E-state index in [9.17, 15) is 4.79 Å². The lowest BCUT2D eigenvalue weighted by Gasteiger charge is -2.35. The van der Waals surface area contributed by atoms with Gasteiger partial charge in [-0.05, 0) is 31.9 Å². The zero-order valence-corrected chi connectivity index (χ0v) is 11.8. The Labute approximate surface area is 114 Å². The molecule has 0 aromatic heterocycles. The Hall–Kier alpha value is -1.55. The molecule has 1 aromatic carbocycles. The second-order valence-electron chi connectivity index (χ2n) is 5.99. The zero-order chi connectivity index (χ0) is 14.0. The summed E-state index contributed by atoms with van der Waals surface area (Å²) in [6, 6.07) is 8.16. The van der Waals surface area contributed by atoms with Crippen LogP contribution in [-0.2, 0) is 11.3 Å². The van der Waals surface area contributed by atoms with Crippen LogP contribution < -0.4 is 5.73 Å². The molecule has 2 N–H and O–H groups in total. The Bertz CT molecular complexity index is 465. The summed E-state index contributed by atoms with van der Waals surface area (Å²) in [5.74, 6) is 0.192. The van der Waals surface area contributed by atoms with Crippen molar-refractivity contribution in [1.29, 1.82) is 0 Å². The van der Waals surface area contributed by atoms with E-state index in [-0.39, 0.29) is 12.0 Å². The van der Waals surface area contributed by atoms with Crippen molar-refractivity contribution in [3.63, 3.8) is 0 Å². The van der Waals surface area contributed by atoms with Gasteiger partial charge in [-0.25, -0.2) is 4.79 Å². The Balaban J connectivity index is 2.17. The summed E-state index contributed by atoms with van der Waals surface area (Å²) in [7, 11) is 0. The van der Waals surface area contributed by atoms with E-state index in [0.717, 1.165) is 5.56 Å². The Morgan fingerprint density at radius 2 is 2.11 bits per heavy atom. The number of nitrogens with two attached hydrogens (primary N) is 1. The maximum Gasteiger partial charge on any atom is 0.410 e. The number of benzene rings is 1. The van der Waals surface area contributed by atoms with Crippen LogP contribution in [0.2, 0.25) is 0 Å². The standard InChI is InChI=1S/C15H22N2O2/c1-15(2,3)19-14(18)17-9-11-6-4-5-7-13(11)12(8-16)10-17/h4-7,12H,8-10,16H2,1-3H3/t12-/m0/s1. The zero-order valence-electron chi connectivity index (χ0n) is 11.8. The molecule has 0 radical (unpaired) electrons. The van der Waals surface area contributed by atoms with E-state index in [1.54, 1.807) is 4.90 Å². The lowest BCUT2D eigenvalue weighted by molar-refractivity contribution is 0.0207. The van der Waals surface area contributed by atoms with Crippen LogP contribution in [-0.4, -0.2) is 29.7 Å². The first kappa shape index (κ1) is 13.9. The van der Waals surface area contributed by atoms with Crippen LogP contribution >= 0.6 is 0 Å². The number of amides is 1. The van der Waals surface area contributed by atoms with Gasteiger partial charge in [0.2, 0.25) is 0 Å². The molecule has 1 atom stereocenters. The number of carbonyl (C=O) groups excluding carboxylic acids is 1. The topological polar surface area (TPSA) is 55.6 Å². The van der Waals surface area contributed by atoms with Crippen molar-refractivity contribution in [2.75, 3.05) is 13.1 Å². The fourth-order valence-corrected chi connectivity index (χ4v) is 2.38. The minimum absolute atomic E-state index is 0.192. The molecular formula is C15H22N2O2. The van der Waals surface area contributed by atoms with E-state index < -0.39 is 5.60 Å². The smallest absolute Gasteiger partial charge is 0.410 e. The Morgan fingerprint density at radius 1 is 1.42 bits per heavy atom. The number of ether oxygens (including phenoxy) is 1. The molecule has 0 fully saturated rings. The highest BCUT2D eigenvalue weighted by Gasteiger charge is 2.29. The molecule has 4 heteroatoms. The van der Waals surface area contributed by atoms with Crippen LogP contribution in [0.1, 0.15) is 37.8 Å². The minimum Gasteiger partial charge on any atom is -0.444 e. The first-order valence-electron chi connectivity index (χ1n) is 6.66. The van der Waals surface area contributed by atoms with Gasteiger partial charge in [-0.3, -0.25) is 0 Å². The summed E-state index contributed by atoms with van der Waals surface area (Å²) in [6.45, 7) is 7.40. The molecule has 1 aliphatic rings. The normalized spacial score (nSPS) is 18.9.